The van der Waals surface area contributed by atoms with Crippen molar-refractivity contribution in [3.05, 3.63) is 56.6 Å². The number of aliphatic hydroxyl groups excluding tert-OH is 1. The summed E-state index contributed by atoms with van der Waals surface area (Å²) in [5.74, 6) is 5.84. The molecule has 4 heteroatoms. The van der Waals surface area contributed by atoms with Crippen LogP contribution in [-0.4, -0.2) is 16.3 Å². The zero-order valence-electron chi connectivity index (χ0n) is 9.80. The molecule has 92 valence electrons. The fraction of sp³-hybridized carbons (Fsp3) is 0.214. The Kier molecular flexibility index (Phi) is 4.35. The van der Waals surface area contributed by atoms with Crippen LogP contribution in [0.4, 0.5) is 0 Å². The minimum absolute atomic E-state index is 0.0572. The minimum atomic E-state index is 0.0572. The first-order valence-electron chi connectivity index (χ1n) is 5.62. The van der Waals surface area contributed by atoms with Crippen LogP contribution in [-0.2, 0) is 6.54 Å². The minimum Gasteiger partial charge on any atom is -0.395 e. The Morgan fingerprint density at radius 3 is 2.67 bits per heavy atom. The van der Waals surface area contributed by atoms with Crippen molar-refractivity contribution >= 4 is 11.3 Å². The van der Waals surface area contributed by atoms with E-state index in [1.807, 2.05) is 24.3 Å². The van der Waals surface area contributed by atoms with E-state index in [-0.39, 0.29) is 11.5 Å². The van der Waals surface area contributed by atoms with Gasteiger partial charge in [0.05, 0.1) is 13.2 Å². The lowest BCUT2D eigenvalue weighted by Gasteiger charge is -2.01. The van der Waals surface area contributed by atoms with E-state index >= 15 is 0 Å². The topological polar surface area (TPSA) is 42.2 Å². The molecular weight excluding hydrogens is 246 g/mol. The van der Waals surface area contributed by atoms with Crippen molar-refractivity contribution < 1.29 is 5.11 Å². The molecular formula is C14H13NO2S. The van der Waals surface area contributed by atoms with Gasteiger partial charge in [0, 0.05) is 23.6 Å². The monoisotopic (exact) mass is 259 g/mol. The van der Waals surface area contributed by atoms with E-state index in [0.29, 0.717) is 13.0 Å². The molecule has 0 saturated heterocycles. The van der Waals surface area contributed by atoms with Crippen molar-refractivity contribution in [2.75, 3.05) is 6.61 Å². The molecule has 0 spiro atoms. The smallest absolute Gasteiger partial charge is 0.307 e. The molecule has 1 N–H and O–H groups in total. The van der Waals surface area contributed by atoms with Gasteiger partial charge in [-0.3, -0.25) is 4.79 Å². The number of hydrogen-bond donors (Lipinski definition) is 1. The van der Waals surface area contributed by atoms with Crippen LogP contribution >= 0.6 is 11.3 Å². The Balaban J connectivity index is 2.07. The lowest BCUT2D eigenvalue weighted by atomic mass is 10.1. The summed E-state index contributed by atoms with van der Waals surface area (Å²) >= 11 is 1.20. The maximum absolute atomic E-state index is 11.4. The predicted octanol–water partition coefficient (Wildman–Crippen LogP) is 1.69. The summed E-state index contributed by atoms with van der Waals surface area (Å²) in [6.07, 6.45) is 2.29. The Hall–Kier alpha value is -1.83. The lowest BCUT2D eigenvalue weighted by molar-refractivity contribution is 0.305. The number of aliphatic hydroxyl groups is 1. The van der Waals surface area contributed by atoms with Crippen LogP contribution in [0.1, 0.15) is 17.5 Å². The number of benzene rings is 1. The fourth-order valence-corrected chi connectivity index (χ4v) is 2.10. The third kappa shape index (κ3) is 3.33. The van der Waals surface area contributed by atoms with Crippen molar-refractivity contribution in [2.24, 2.45) is 0 Å². The zero-order valence-corrected chi connectivity index (χ0v) is 10.6. The summed E-state index contributed by atoms with van der Waals surface area (Å²) in [6.45, 7) is 0.679. The molecule has 2 rings (SSSR count). The first-order valence-corrected chi connectivity index (χ1v) is 6.50. The van der Waals surface area contributed by atoms with Crippen LogP contribution in [0, 0.1) is 11.8 Å². The Morgan fingerprint density at radius 2 is 2.06 bits per heavy atom. The molecule has 0 atom stereocenters. The molecule has 0 saturated carbocycles. The van der Waals surface area contributed by atoms with Gasteiger partial charge in [0.1, 0.15) is 0 Å². The Bertz CT molecular complexity index is 613. The number of nitrogens with zero attached hydrogens (tertiary/aromatic N) is 1. The van der Waals surface area contributed by atoms with Crippen molar-refractivity contribution in [2.45, 2.75) is 13.0 Å². The summed E-state index contributed by atoms with van der Waals surface area (Å²) in [5.41, 5.74) is 1.99. The highest BCUT2D eigenvalue weighted by Gasteiger charge is 1.98. The lowest BCUT2D eigenvalue weighted by Crippen LogP contribution is -2.12. The molecule has 18 heavy (non-hydrogen) atoms. The van der Waals surface area contributed by atoms with E-state index in [1.165, 1.54) is 11.3 Å². The predicted molar refractivity (Wildman–Crippen MR) is 72.7 cm³/mol. The molecule has 1 aromatic heterocycles. The van der Waals surface area contributed by atoms with Crippen LogP contribution < -0.4 is 4.87 Å². The number of thiazole rings is 1. The molecule has 0 aliphatic heterocycles. The summed E-state index contributed by atoms with van der Waals surface area (Å²) in [7, 11) is 0. The summed E-state index contributed by atoms with van der Waals surface area (Å²) in [6, 6.07) is 7.79. The van der Waals surface area contributed by atoms with Crippen LogP contribution in [0.2, 0.25) is 0 Å². The number of rotatable bonds is 3. The Labute approximate surface area is 109 Å². The van der Waals surface area contributed by atoms with Crippen LogP contribution in [0.15, 0.2) is 40.6 Å². The van der Waals surface area contributed by atoms with Gasteiger partial charge in [-0.1, -0.05) is 35.3 Å². The summed E-state index contributed by atoms with van der Waals surface area (Å²) in [4.78, 5) is 11.5. The molecule has 0 aliphatic carbocycles. The van der Waals surface area contributed by atoms with E-state index in [0.717, 1.165) is 11.1 Å². The highest BCUT2D eigenvalue weighted by Crippen LogP contribution is 2.05. The van der Waals surface area contributed by atoms with Gasteiger partial charge in [-0.15, -0.1) is 0 Å². The van der Waals surface area contributed by atoms with Crippen LogP contribution in [0.25, 0.3) is 0 Å². The third-order valence-electron chi connectivity index (χ3n) is 2.42. The van der Waals surface area contributed by atoms with Crippen LogP contribution in [0.3, 0.4) is 0 Å². The SMILES string of the molecule is O=c1sccn1Cc1ccc(C#CCCO)cc1. The van der Waals surface area contributed by atoms with E-state index in [1.54, 1.807) is 16.1 Å². The third-order valence-corrected chi connectivity index (χ3v) is 3.11. The Morgan fingerprint density at radius 1 is 1.28 bits per heavy atom. The summed E-state index contributed by atoms with van der Waals surface area (Å²) in [5, 5.41) is 10.4. The van der Waals surface area contributed by atoms with Crippen molar-refractivity contribution in [1.82, 2.24) is 4.57 Å². The van der Waals surface area contributed by atoms with Crippen LogP contribution in [0.5, 0.6) is 0 Å². The van der Waals surface area contributed by atoms with Gasteiger partial charge in [0.2, 0.25) is 0 Å². The maximum Gasteiger partial charge on any atom is 0.307 e. The summed E-state index contributed by atoms with van der Waals surface area (Å²) < 4.78 is 1.68. The number of hydrogen-bond acceptors (Lipinski definition) is 3. The quantitative estimate of drug-likeness (QED) is 0.852. The average molecular weight is 259 g/mol. The molecule has 0 amide bonds. The zero-order chi connectivity index (χ0) is 12.8. The highest BCUT2D eigenvalue weighted by molar-refractivity contribution is 7.07. The molecule has 0 radical (unpaired) electrons. The largest absolute Gasteiger partial charge is 0.395 e. The molecule has 0 bridgehead atoms. The molecule has 1 aromatic carbocycles. The average Bonchev–Trinajstić information content (AvgIpc) is 2.78. The van der Waals surface area contributed by atoms with E-state index in [4.69, 9.17) is 5.11 Å². The van der Waals surface area contributed by atoms with E-state index in [9.17, 15) is 4.79 Å². The molecule has 0 fully saturated rings. The van der Waals surface area contributed by atoms with Gasteiger partial charge in [-0.25, -0.2) is 0 Å². The molecule has 3 nitrogen and oxygen atoms in total. The van der Waals surface area contributed by atoms with Gasteiger partial charge >= 0.3 is 4.87 Å². The van der Waals surface area contributed by atoms with Gasteiger partial charge in [-0.05, 0) is 17.7 Å². The van der Waals surface area contributed by atoms with E-state index in [2.05, 4.69) is 11.8 Å². The maximum atomic E-state index is 11.4. The fourth-order valence-electron chi connectivity index (χ4n) is 1.52. The van der Waals surface area contributed by atoms with Crippen molar-refractivity contribution in [3.8, 4) is 11.8 Å². The second-order valence-corrected chi connectivity index (χ2v) is 4.63. The van der Waals surface area contributed by atoms with Crippen molar-refractivity contribution in [3.63, 3.8) is 0 Å². The van der Waals surface area contributed by atoms with E-state index < -0.39 is 0 Å². The molecule has 0 aliphatic rings. The second-order valence-electron chi connectivity index (χ2n) is 3.77. The first-order chi connectivity index (χ1) is 8.79. The molecule has 2 aromatic rings. The normalized spacial score (nSPS) is 9.83. The van der Waals surface area contributed by atoms with Gasteiger partial charge in [0.25, 0.3) is 0 Å². The van der Waals surface area contributed by atoms with Crippen molar-refractivity contribution in [1.29, 1.82) is 0 Å². The van der Waals surface area contributed by atoms with Gasteiger partial charge in [-0.2, -0.15) is 0 Å². The highest BCUT2D eigenvalue weighted by atomic mass is 32.1. The van der Waals surface area contributed by atoms with Gasteiger partial charge < -0.3 is 9.67 Å². The second kappa shape index (κ2) is 6.20. The standard InChI is InChI=1S/C14H13NO2S/c16-9-2-1-3-12-4-6-13(7-5-12)11-15-8-10-18-14(15)17/h4-8,10,16H,2,9,11H2. The molecule has 1 heterocycles. The first kappa shape index (κ1) is 12.6. The van der Waals surface area contributed by atoms with Gasteiger partial charge in [0.15, 0.2) is 0 Å². The number of aromatic nitrogens is 1. The molecule has 0 unspecified atom stereocenters.